The number of halogens is 1. The van der Waals surface area contributed by atoms with Crippen LogP contribution in [0.4, 0.5) is 0 Å². The summed E-state index contributed by atoms with van der Waals surface area (Å²) in [7, 11) is 0. The van der Waals surface area contributed by atoms with Gasteiger partial charge >= 0.3 is 0 Å². The molecule has 0 atom stereocenters. The molecule has 2 aromatic carbocycles. The van der Waals surface area contributed by atoms with Gasteiger partial charge in [0.15, 0.2) is 0 Å². The van der Waals surface area contributed by atoms with Crippen molar-refractivity contribution in [2.45, 2.75) is 26.4 Å². The van der Waals surface area contributed by atoms with E-state index in [4.69, 9.17) is 16.3 Å². The Bertz CT molecular complexity index is 539. The highest BCUT2D eigenvalue weighted by Crippen LogP contribution is 2.16. The Labute approximate surface area is 132 Å². The lowest BCUT2D eigenvalue weighted by atomic mass is 10.1. The highest BCUT2D eigenvalue weighted by Gasteiger charge is 1.98. The van der Waals surface area contributed by atoms with Crippen LogP contribution < -0.4 is 10.1 Å². The fourth-order valence-electron chi connectivity index (χ4n) is 2.14. The van der Waals surface area contributed by atoms with Gasteiger partial charge in [-0.15, -0.1) is 0 Å². The van der Waals surface area contributed by atoms with Crippen molar-refractivity contribution in [1.29, 1.82) is 0 Å². The smallest absolute Gasteiger partial charge is 0.119 e. The van der Waals surface area contributed by atoms with Crippen molar-refractivity contribution in [3.63, 3.8) is 0 Å². The first-order valence-electron chi connectivity index (χ1n) is 7.45. The average molecular weight is 304 g/mol. The molecule has 2 rings (SSSR count). The number of hydrogen-bond donors (Lipinski definition) is 1. The highest BCUT2D eigenvalue weighted by atomic mass is 35.5. The van der Waals surface area contributed by atoms with Gasteiger partial charge in [-0.05, 0) is 61.3 Å². The van der Waals surface area contributed by atoms with Crippen LogP contribution in [0.25, 0.3) is 0 Å². The van der Waals surface area contributed by atoms with Gasteiger partial charge in [-0.3, -0.25) is 0 Å². The molecular formula is C18H22ClNO. The van der Waals surface area contributed by atoms with E-state index < -0.39 is 0 Å². The average Bonchev–Trinajstić information content (AvgIpc) is 2.51. The van der Waals surface area contributed by atoms with Crippen LogP contribution in [-0.2, 0) is 13.0 Å². The first-order chi connectivity index (χ1) is 10.3. The molecule has 21 heavy (non-hydrogen) atoms. The Morgan fingerprint density at radius 3 is 2.57 bits per heavy atom. The van der Waals surface area contributed by atoms with E-state index in [2.05, 4.69) is 24.4 Å². The van der Waals surface area contributed by atoms with Gasteiger partial charge in [-0.2, -0.15) is 0 Å². The van der Waals surface area contributed by atoms with E-state index in [9.17, 15) is 0 Å². The second-order valence-electron chi connectivity index (χ2n) is 5.02. The minimum Gasteiger partial charge on any atom is -0.489 e. The van der Waals surface area contributed by atoms with E-state index in [1.54, 1.807) is 0 Å². The van der Waals surface area contributed by atoms with Crippen molar-refractivity contribution in [2.75, 3.05) is 13.1 Å². The molecule has 0 spiro atoms. The number of nitrogens with one attached hydrogen (secondary N) is 1. The minimum atomic E-state index is 0.542. The van der Waals surface area contributed by atoms with Crippen molar-refractivity contribution < 1.29 is 4.74 Å². The van der Waals surface area contributed by atoms with E-state index in [1.807, 2.05) is 36.4 Å². The Kier molecular flexibility index (Phi) is 6.58. The summed E-state index contributed by atoms with van der Waals surface area (Å²) < 4.78 is 5.77. The third-order valence-electron chi connectivity index (χ3n) is 3.29. The molecule has 0 amide bonds. The fourth-order valence-corrected chi connectivity index (χ4v) is 2.35. The van der Waals surface area contributed by atoms with Crippen LogP contribution in [0, 0.1) is 0 Å². The molecular weight excluding hydrogens is 282 g/mol. The summed E-state index contributed by atoms with van der Waals surface area (Å²) >= 11 is 5.96. The maximum Gasteiger partial charge on any atom is 0.119 e. The van der Waals surface area contributed by atoms with Crippen LogP contribution in [0.5, 0.6) is 5.75 Å². The topological polar surface area (TPSA) is 21.3 Å². The van der Waals surface area contributed by atoms with E-state index in [0.717, 1.165) is 42.3 Å². The van der Waals surface area contributed by atoms with Gasteiger partial charge in [0.1, 0.15) is 12.4 Å². The van der Waals surface area contributed by atoms with E-state index in [-0.39, 0.29) is 0 Å². The SMILES string of the molecule is CCNCCCc1ccc(OCc2cccc(Cl)c2)cc1. The van der Waals surface area contributed by atoms with Crippen LogP contribution in [-0.4, -0.2) is 13.1 Å². The Balaban J connectivity index is 1.79. The van der Waals surface area contributed by atoms with Crippen molar-refractivity contribution in [2.24, 2.45) is 0 Å². The van der Waals surface area contributed by atoms with Crippen LogP contribution >= 0.6 is 11.6 Å². The molecule has 0 aromatic heterocycles. The lowest BCUT2D eigenvalue weighted by Crippen LogP contribution is -2.14. The second-order valence-corrected chi connectivity index (χ2v) is 5.46. The maximum absolute atomic E-state index is 5.96. The molecule has 0 saturated heterocycles. The van der Waals surface area contributed by atoms with E-state index >= 15 is 0 Å². The summed E-state index contributed by atoms with van der Waals surface area (Å²) in [5.74, 6) is 0.894. The molecule has 0 aliphatic carbocycles. The van der Waals surface area contributed by atoms with Crippen molar-refractivity contribution >= 4 is 11.6 Å². The molecule has 2 aromatic rings. The van der Waals surface area contributed by atoms with Crippen LogP contribution in [0.1, 0.15) is 24.5 Å². The number of benzene rings is 2. The quantitative estimate of drug-likeness (QED) is 0.727. The Hall–Kier alpha value is -1.51. The molecule has 2 nitrogen and oxygen atoms in total. The van der Waals surface area contributed by atoms with Crippen LogP contribution in [0.15, 0.2) is 48.5 Å². The molecule has 1 N–H and O–H groups in total. The summed E-state index contributed by atoms with van der Waals surface area (Å²) in [5, 5.41) is 4.08. The minimum absolute atomic E-state index is 0.542. The Morgan fingerprint density at radius 2 is 1.86 bits per heavy atom. The highest BCUT2D eigenvalue weighted by molar-refractivity contribution is 6.30. The summed E-state index contributed by atoms with van der Waals surface area (Å²) in [6, 6.07) is 16.1. The van der Waals surface area contributed by atoms with Crippen LogP contribution in [0.3, 0.4) is 0 Å². The van der Waals surface area contributed by atoms with E-state index in [1.165, 1.54) is 5.56 Å². The molecule has 0 bridgehead atoms. The standard InChI is InChI=1S/C18H22ClNO/c1-2-20-12-4-6-15-8-10-18(11-9-15)21-14-16-5-3-7-17(19)13-16/h3,5,7-11,13,20H,2,4,6,12,14H2,1H3. The van der Waals surface area contributed by atoms with Gasteiger partial charge in [-0.1, -0.05) is 42.8 Å². The third-order valence-corrected chi connectivity index (χ3v) is 3.52. The largest absolute Gasteiger partial charge is 0.489 e. The summed E-state index contributed by atoms with van der Waals surface area (Å²) in [5.41, 5.74) is 2.43. The summed E-state index contributed by atoms with van der Waals surface area (Å²) in [6.07, 6.45) is 2.26. The molecule has 0 aliphatic rings. The third kappa shape index (κ3) is 5.78. The molecule has 0 fully saturated rings. The lowest BCUT2D eigenvalue weighted by Gasteiger charge is -2.08. The first-order valence-corrected chi connectivity index (χ1v) is 7.82. The molecule has 0 unspecified atom stereocenters. The van der Waals surface area contributed by atoms with Gasteiger partial charge < -0.3 is 10.1 Å². The normalized spacial score (nSPS) is 10.6. The van der Waals surface area contributed by atoms with Crippen molar-refractivity contribution in [3.05, 3.63) is 64.7 Å². The number of rotatable bonds is 8. The van der Waals surface area contributed by atoms with Gasteiger partial charge in [-0.25, -0.2) is 0 Å². The lowest BCUT2D eigenvalue weighted by molar-refractivity contribution is 0.306. The molecule has 0 radical (unpaired) electrons. The molecule has 0 aliphatic heterocycles. The van der Waals surface area contributed by atoms with Gasteiger partial charge in [0.25, 0.3) is 0 Å². The monoisotopic (exact) mass is 303 g/mol. The van der Waals surface area contributed by atoms with Gasteiger partial charge in [0.2, 0.25) is 0 Å². The zero-order valence-corrected chi connectivity index (χ0v) is 13.2. The molecule has 0 heterocycles. The van der Waals surface area contributed by atoms with Crippen molar-refractivity contribution in [1.82, 2.24) is 5.32 Å². The number of hydrogen-bond acceptors (Lipinski definition) is 2. The molecule has 112 valence electrons. The molecule has 0 saturated carbocycles. The number of ether oxygens (including phenoxy) is 1. The van der Waals surface area contributed by atoms with E-state index in [0.29, 0.717) is 6.61 Å². The maximum atomic E-state index is 5.96. The molecule has 3 heteroatoms. The first kappa shape index (κ1) is 15.9. The zero-order valence-electron chi connectivity index (χ0n) is 12.4. The summed E-state index contributed by atoms with van der Waals surface area (Å²) in [4.78, 5) is 0. The summed E-state index contributed by atoms with van der Waals surface area (Å²) in [6.45, 7) is 4.78. The second kappa shape index (κ2) is 8.71. The van der Waals surface area contributed by atoms with Gasteiger partial charge in [0, 0.05) is 5.02 Å². The number of aryl methyl sites for hydroxylation is 1. The Morgan fingerprint density at radius 1 is 1.05 bits per heavy atom. The predicted octanol–water partition coefficient (Wildman–Crippen LogP) is 4.46. The van der Waals surface area contributed by atoms with Crippen LogP contribution in [0.2, 0.25) is 5.02 Å². The van der Waals surface area contributed by atoms with Gasteiger partial charge in [0.05, 0.1) is 0 Å². The van der Waals surface area contributed by atoms with Crippen molar-refractivity contribution in [3.8, 4) is 5.75 Å². The zero-order chi connectivity index (χ0) is 14.9. The fraction of sp³-hybridized carbons (Fsp3) is 0.333. The predicted molar refractivity (Wildman–Crippen MR) is 89.1 cm³/mol.